The van der Waals surface area contributed by atoms with E-state index in [1.54, 1.807) is 17.6 Å². The highest BCUT2D eigenvalue weighted by atomic mass is 32.1. The van der Waals surface area contributed by atoms with Crippen LogP contribution in [0.25, 0.3) is 10.2 Å². The fraction of sp³-hybridized carbons (Fsp3) is 0.235. The molecule has 0 radical (unpaired) electrons. The van der Waals surface area contributed by atoms with Crippen molar-refractivity contribution < 1.29 is 0 Å². The zero-order valence-electron chi connectivity index (χ0n) is 12.8. The third-order valence-electron chi connectivity index (χ3n) is 3.79. The summed E-state index contributed by atoms with van der Waals surface area (Å²) in [6.07, 6.45) is 4.17. The average Bonchev–Trinajstić information content (AvgIpc) is 2.83. The molecule has 2 aromatic heterocycles. The van der Waals surface area contributed by atoms with Crippen LogP contribution in [0.5, 0.6) is 0 Å². The SMILES string of the molecule is CCc1ccc(/C=N/n2cnc3sc(C)c(C)c3c2=O)cc1. The van der Waals surface area contributed by atoms with E-state index in [2.05, 4.69) is 29.1 Å². The van der Waals surface area contributed by atoms with Crippen LogP contribution in [0.3, 0.4) is 0 Å². The fourth-order valence-electron chi connectivity index (χ4n) is 2.28. The van der Waals surface area contributed by atoms with Crippen LogP contribution < -0.4 is 5.56 Å². The van der Waals surface area contributed by atoms with Gasteiger partial charge >= 0.3 is 0 Å². The van der Waals surface area contributed by atoms with Crippen molar-refractivity contribution >= 4 is 27.8 Å². The van der Waals surface area contributed by atoms with Gasteiger partial charge in [-0.2, -0.15) is 9.78 Å². The Kier molecular flexibility index (Phi) is 3.90. The van der Waals surface area contributed by atoms with Gasteiger partial charge in [-0.15, -0.1) is 11.3 Å². The van der Waals surface area contributed by atoms with Crippen LogP contribution in [0.1, 0.15) is 28.5 Å². The van der Waals surface area contributed by atoms with E-state index in [1.807, 2.05) is 26.0 Å². The third-order valence-corrected chi connectivity index (χ3v) is 4.91. The number of thiophene rings is 1. The number of benzene rings is 1. The molecule has 0 amide bonds. The molecule has 0 aliphatic heterocycles. The fourth-order valence-corrected chi connectivity index (χ4v) is 3.26. The highest BCUT2D eigenvalue weighted by Gasteiger charge is 2.11. The highest BCUT2D eigenvalue weighted by molar-refractivity contribution is 7.18. The van der Waals surface area contributed by atoms with Crippen LogP contribution in [0, 0.1) is 13.8 Å². The van der Waals surface area contributed by atoms with Crippen molar-refractivity contribution in [3.05, 3.63) is 62.5 Å². The molecule has 3 aromatic rings. The number of nitrogens with zero attached hydrogens (tertiary/aromatic N) is 3. The van der Waals surface area contributed by atoms with Crippen LogP contribution in [0.15, 0.2) is 40.5 Å². The van der Waals surface area contributed by atoms with Gasteiger partial charge in [-0.05, 0) is 37.0 Å². The molecule has 0 aliphatic rings. The van der Waals surface area contributed by atoms with Gasteiger partial charge in [0.1, 0.15) is 11.2 Å². The Hall–Kier alpha value is -2.27. The topological polar surface area (TPSA) is 47.2 Å². The normalized spacial score (nSPS) is 11.6. The van der Waals surface area contributed by atoms with Crippen molar-refractivity contribution in [1.82, 2.24) is 9.66 Å². The third kappa shape index (κ3) is 2.60. The van der Waals surface area contributed by atoms with E-state index in [1.165, 1.54) is 16.6 Å². The van der Waals surface area contributed by atoms with E-state index >= 15 is 0 Å². The second-order valence-corrected chi connectivity index (χ2v) is 6.40. The summed E-state index contributed by atoms with van der Waals surface area (Å²) in [5.41, 5.74) is 3.12. The standard InChI is InChI=1S/C17H17N3OS/c1-4-13-5-7-14(8-6-13)9-19-20-10-18-16-15(17(20)21)11(2)12(3)22-16/h5-10H,4H2,1-3H3/b19-9+. The minimum atomic E-state index is -0.117. The number of hydrogen-bond donors (Lipinski definition) is 0. The summed E-state index contributed by atoms with van der Waals surface area (Å²) in [4.78, 5) is 18.7. The monoisotopic (exact) mass is 311 g/mol. The molecular weight excluding hydrogens is 294 g/mol. The molecule has 0 bridgehead atoms. The molecule has 0 fully saturated rings. The first-order chi connectivity index (χ1) is 10.6. The number of aromatic nitrogens is 2. The van der Waals surface area contributed by atoms with Gasteiger partial charge in [-0.25, -0.2) is 4.98 Å². The van der Waals surface area contributed by atoms with Crippen molar-refractivity contribution in [3.8, 4) is 0 Å². The summed E-state index contributed by atoms with van der Waals surface area (Å²) in [7, 11) is 0. The second-order valence-electron chi connectivity index (χ2n) is 5.20. The van der Waals surface area contributed by atoms with E-state index < -0.39 is 0 Å². The summed E-state index contributed by atoms with van der Waals surface area (Å²) in [6.45, 7) is 6.08. The van der Waals surface area contributed by atoms with Gasteiger partial charge in [-0.3, -0.25) is 4.79 Å². The van der Waals surface area contributed by atoms with E-state index in [9.17, 15) is 4.79 Å². The molecular formula is C17H17N3OS. The summed E-state index contributed by atoms with van der Waals surface area (Å²) in [6, 6.07) is 8.13. The lowest BCUT2D eigenvalue weighted by Gasteiger charge is -1.99. The van der Waals surface area contributed by atoms with Crippen molar-refractivity contribution in [3.63, 3.8) is 0 Å². The molecule has 0 saturated heterocycles. The number of rotatable bonds is 3. The maximum atomic E-state index is 12.5. The summed E-state index contributed by atoms with van der Waals surface area (Å²) >= 11 is 1.54. The summed E-state index contributed by atoms with van der Waals surface area (Å²) < 4.78 is 1.30. The highest BCUT2D eigenvalue weighted by Crippen LogP contribution is 2.25. The molecule has 0 atom stereocenters. The Balaban J connectivity index is 1.99. The molecule has 22 heavy (non-hydrogen) atoms. The summed E-state index contributed by atoms with van der Waals surface area (Å²) in [5, 5.41) is 4.92. The number of aryl methyl sites for hydroxylation is 3. The Morgan fingerprint density at radius 3 is 2.68 bits per heavy atom. The van der Waals surface area contributed by atoms with Gasteiger partial charge < -0.3 is 0 Å². The van der Waals surface area contributed by atoms with Crippen LogP contribution in [-0.4, -0.2) is 15.9 Å². The van der Waals surface area contributed by atoms with Crippen LogP contribution in [-0.2, 0) is 6.42 Å². The maximum Gasteiger partial charge on any atom is 0.282 e. The smallest absolute Gasteiger partial charge is 0.267 e. The van der Waals surface area contributed by atoms with Gasteiger partial charge in [0.2, 0.25) is 0 Å². The molecule has 5 heteroatoms. The van der Waals surface area contributed by atoms with Crippen LogP contribution in [0.2, 0.25) is 0 Å². The van der Waals surface area contributed by atoms with Gasteiger partial charge in [0.15, 0.2) is 0 Å². The van der Waals surface area contributed by atoms with Gasteiger partial charge in [0.05, 0.1) is 11.6 Å². The zero-order valence-corrected chi connectivity index (χ0v) is 13.6. The largest absolute Gasteiger partial charge is 0.282 e. The Bertz CT molecular complexity index is 904. The van der Waals surface area contributed by atoms with Gasteiger partial charge in [-0.1, -0.05) is 31.2 Å². The van der Waals surface area contributed by atoms with Gasteiger partial charge in [0.25, 0.3) is 5.56 Å². The minimum absolute atomic E-state index is 0.117. The van der Waals surface area contributed by atoms with E-state index in [0.717, 1.165) is 27.3 Å². The summed E-state index contributed by atoms with van der Waals surface area (Å²) in [5.74, 6) is 0. The lowest BCUT2D eigenvalue weighted by molar-refractivity contribution is 0.818. The lowest BCUT2D eigenvalue weighted by Crippen LogP contribution is -2.16. The molecule has 3 rings (SSSR count). The molecule has 0 N–H and O–H groups in total. The van der Waals surface area contributed by atoms with E-state index in [-0.39, 0.29) is 5.56 Å². The predicted octanol–water partition coefficient (Wildman–Crippen LogP) is 3.52. The molecule has 0 aliphatic carbocycles. The Labute approximate surface area is 132 Å². The molecule has 4 nitrogen and oxygen atoms in total. The molecule has 0 saturated carbocycles. The van der Waals surface area contributed by atoms with E-state index in [4.69, 9.17) is 0 Å². The quantitative estimate of drug-likeness (QED) is 0.695. The predicted molar refractivity (Wildman–Crippen MR) is 92.2 cm³/mol. The maximum absolute atomic E-state index is 12.5. The number of hydrogen-bond acceptors (Lipinski definition) is 4. The first-order valence-corrected chi connectivity index (χ1v) is 8.02. The van der Waals surface area contributed by atoms with Crippen molar-refractivity contribution in [2.45, 2.75) is 27.2 Å². The van der Waals surface area contributed by atoms with E-state index in [0.29, 0.717) is 5.39 Å². The van der Waals surface area contributed by atoms with Crippen molar-refractivity contribution in [2.75, 3.05) is 0 Å². The molecule has 2 heterocycles. The first-order valence-electron chi connectivity index (χ1n) is 7.20. The first kappa shape index (κ1) is 14.7. The minimum Gasteiger partial charge on any atom is -0.267 e. The number of fused-ring (bicyclic) bond motifs is 1. The van der Waals surface area contributed by atoms with Crippen LogP contribution >= 0.6 is 11.3 Å². The lowest BCUT2D eigenvalue weighted by atomic mass is 10.1. The van der Waals surface area contributed by atoms with Crippen molar-refractivity contribution in [1.29, 1.82) is 0 Å². The average molecular weight is 311 g/mol. The Morgan fingerprint density at radius 1 is 1.27 bits per heavy atom. The zero-order chi connectivity index (χ0) is 15.7. The molecule has 112 valence electrons. The van der Waals surface area contributed by atoms with Crippen LogP contribution in [0.4, 0.5) is 0 Å². The molecule has 1 aromatic carbocycles. The van der Waals surface area contributed by atoms with Crippen molar-refractivity contribution in [2.24, 2.45) is 5.10 Å². The Morgan fingerprint density at radius 2 is 2.00 bits per heavy atom. The van der Waals surface area contributed by atoms with Gasteiger partial charge in [0, 0.05) is 4.88 Å². The molecule has 0 spiro atoms. The second kappa shape index (κ2) is 5.85. The molecule has 0 unspecified atom stereocenters.